The van der Waals surface area contributed by atoms with E-state index in [0.717, 1.165) is 5.56 Å². The van der Waals surface area contributed by atoms with E-state index in [1.54, 1.807) is 19.2 Å². The summed E-state index contributed by atoms with van der Waals surface area (Å²) >= 11 is 0. The molecule has 2 rings (SSSR count). The molecule has 1 aromatic carbocycles. The van der Waals surface area contributed by atoms with Crippen LogP contribution in [0.4, 0.5) is 0 Å². The smallest absolute Gasteiger partial charge is 0.372 e. The van der Waals surface area contributed by atoms with E-state index >= 15 is 0 Å². The molecule has 72 valence electrons. The Labute approximate surface area is 79.4 Å². The highest BCUT2D eigenvalue weighted by Gasteiger charge is 2.07. The van der Waals surface area contributed by atoms with Crippen LogP contribution in [-0.2, 0) is 7.05 Å². The average molecular weight is 191 g/mol. The Morgan fingerprint density at radius 1 is 1.29 bits per heavy atom. The van der Waals surface area contributed by atoms with Gasteiger partial charge in [-0.2, -0.15) is 0 Å². The monoisotopic (exact) mass is 191 g/mol. The van der Waals surface area contributed by atoms with Crippen molar-refractivity contribution in [3.8, 4) is 0 Å². The van der Waals surface area contributed by atoms with Crippen LogP contribution in [0.2, 0.25) is 0 Å². The molecule has 0 aliphatic rings. The van der Waals surface area contributed by atoms with Crippen LogP contribution in [0.3, 0.4) is 0 Å². The number of hydrogen-bond donors (Lipinski definition) is 0. The number of aromatic nitrogens is 1. The molecular weight excluding hydrogens is 182 g/mol. The third-order valence-electron chi connectivity index (χ3n) is 2.27. The van der Waals surface area contributed by atoms with Crippen molar-refractivity contribution in [1.82, 2.24) is 4.57 Å². The van der Waals surface area contributed by atoms with E-state index in [2.05, 4.69) is 4.42 Å². The number of hydrogen-bond acceptors (Lipinski definition) is 3. The lowest BCUT2D eigenvalue weighted by Gasteiger charge is -2.03. The highest BCUT2D eigenvalue weighted by Crippen LogP contribution is 2.11. The number of aryl methyl sites for hydroxylation is 2. The minimum atomic E-state index is -0.631. The van der Waals surface area contributed by atoms with Gasteiger partial charge in [0.1, 0.15) is 0 Å². The van der Waals surface area contributed by atoms with Crippen LogP contribution >= 0.6 is 0 Å². The minimum absolute atomic E-state index is 0.467. The lowest BCUT2D eigenvalue weighted by Crippen LogP contribution is -2.22. The minimum Gasteiger partial charge on any atom is -0.372 e. The molecule has 0 aliphatic heterocycles. The Kier molecular flexibility index (Phi) is 1.77. The number of fused-ring (bicyclic) bond motifs is 1. The summed E-state index contributed by atoms with van der Waals surface area (Å²) < 4.78 is 5.88. The largest absolute Gasteiger partial charge is 0.422 e. The highest BCUT2D eigenvalue weighted by atomic mass is 16.4. The Bertz CT molecular complexity index is 607. The van der Waals surface area contributed by atoms with Gasteiger partial charge in [0, 0.05) is 7.05 Å². The predicted molar refractivity (Wildman–Crippen MR) is 52.5 cm³/mol. The molecule has 0 saturated heterocycles. The van der Waals surface area contributed by atoms with Gasteiger partial charge in [-0.3, -0.25) is 4.57 Å². The van der Waals surface area contributed by atoms with Gasteiger partial charge in [0.15, 0.2) is 0 Å². The summed E-state index contributed by atoms with van der Waals surface area (Å²) in [5, 5.41) is 0.467. The fourth-order valence-electron chi connectivity index (χ4n) is 1.49. The van der Waals surface area contributed by atoms with Crippen LogP contribution < -0.4 is 11.4 Å². The molecule has 0 spiro atoms. The second-order valence-corrected chi connectivity index (χ2v) is 3.18. The first-order chi connectivity index (χ1) is 6.61. The summed E-state index contributed by atoms with van der Waals surface area (Å²) in [4.78, 5) is 22.6. The second-order valence-electron chi connectivity index (χ2n) is 3.18. The topological polar surface area (TPSA) is 52.2 Å². The maximum absolute atomic E-state index is 11.4. The maximum Gasteiger partial charge on any atom is 0.422 e. The van der Waals surface area contributed by atoms with Gasteiger partial charge in [0.05, 0.1) is 10.9 Å². The first-order valence-corrected chi connectivity index (χ1v) is 4.20. The lowest BCUT2D eigenvalue weighted by molar-refractivity contribution is 0.432. The summed E-state index contributed by atoms with van der Waals surface area (Å²) in [6, 6.07) is 5.33. The van der Waals surface area contributed by atoms with Crippen molar-refractivity contribution in [1.29, 1.82) is 0 Å². The second kappa shape index (κ2) is 2.83. The molecule has 0 saturated carbocycles. The molecule has 0 fully saturated rings. The molecule has 1 aromatic heterocycles. The first-order valence-electron chi connectivity index (χ1n) is 4.20. The predicted octanol–water partition coefficient (Wildman–Crippen LogP) is 0.800. The molecule has 0 atom stereocenters. The Morgan fingerprint density at radius 3 is 2.71 bits per heavy atom. The van der Waals surface area contributed by atoms with Gasteiger partial charge < -0.3 is 4.42 Å². The van der Waals surface area contributed by atoms with Crippen LogP contribution in [0.25, 0.3) is 10.9 Å². The third kappa shape index (κ3) is 1.08. The Hall–Kier alpha value is -1.84. The summed E-state index contributed by atoms with van der Waals surface area (Å²) in [7, 11) is 1.58. The lowest BCUT2D eigenvalue weighted by atomic mass is 10.1. The number of benzene rings is 1. The highest BCUT2D eigenvalue weighted by molar-refractivity contribution is 5.80. The average Bonchev–Trinajstić information content (AvgIpc) is 2.14. The third-order valence-corrected chi connectivity index (χ3v) is 2.27. The van der Waals surface area contributed by atoms with Crippen molar-refractivity contribution in [2.75, 3.05) is 0 Å². The van der Waals surface area contributed by atoms with Crippen molar-refractivity contribution < 1.29 is 4.42 Å². The Balaban J connectivity index is 3.18. The standard InChI is InChI=1S/C10H9NO3/c1-6-4-3-5-7-8(6)9(12)14-10(13)11(7)2/h3-5H,1-2H3. The molecular formula is C10H9NO3. The Morgan fingerprint density at radius 2 is 2.00 bits per heavy atom. The molecule has 0 aliphatic carbocycles. The molecule has 2 aromatic rings. The molecule has 0 N–H and O–H groups in total. The van der Waals surface area contributed by atoms with Gasteiger partial charge in [-0.1, -0.05) is 12.1 Å². The van der Waals surface area contributed by atoms with Crippen LogP contribution in [0.1, 0.15) is 5.56 Å². The van der Waals surface area contributed by atoms with E-state index in [9.17, 15) is 9.59 Å². The van der Waals surface area contributed by atoms with Gasteiger partial charge in [0.25, 0.3) is 0 Å². The molecule has 0 bridgehead atoms. The fraction of sp³-hybridized carbons (Fsp3) is 0.200. The van der Waals surface area contributed by atoms with Crippen molar-refractivity contribution >= 4 is 10.9 Å². The summed E-state index contributed by atoms with van der Waals surface area (Å²) in [6.45, 7) is 1.81. The van der Waals surface area contributed by atoms with Crippen molar-refractivity contribution in [2.45, 2.75) is 6.92 Å². The number of nitrogens with zero attached hydrogens (tertiary/aromatic N) is 1. The van der Waals surface area contributed by atoms with Crippen molar-refractivity contribution in [3.05, 3.63) is 44.7 Å². The summed E-state index contributed by atoms with van der Waals surface area (Å²) in [5.74, 6) is -0.631. The zero-order valence-electron chi connectivity index (χ0n) is 7.90. The summed E-state index contributed by atoms with van der Waals surface area (Å²) in [6.07, 6.45) is 0. The molecule has 0 amide bonds. The van der Waals surface area contributed by atoms with Gasteiger partial charge >= 0.3 is 11.4 Å². The van der Waals surface area contributed by atoms with E-state index in [1.807, 2.05) is 13.0 Å². The van der Waals surface area contributed by atoms with Gasteiger partial charge in [-0.05, 0) is 18.6 Å². The summed E-state index contributed by atoms with van der Waals surface area (Å²) in [5.41, 5.74) is 0.847. The fourth-order valence-corrected chi connectivity index (χ4v) is 1.49. The van der Waals surface area contributed by atoms with Crippen molar-refractivity contribution in [2.24, 2.45) is 7.05 Å². The van der Waals surface area contributed by atoms with Gasteiger partial charge in [-0.15, -0.1) is 0 Å². The van der Waals surface area contributed by atoms with E-state index < -0.39 is 11.4 Å². The number of rotatable bonds is 0. The van der Waals surface area contributed by atoms with Crippen molar-refractivity contribution in [3.63, 3.8) is 0 Å². The van der Waals surface area contributed by atoms with Crippen LogP contribution in [0, 0.1) is 6.92 Å². The van der Waals surface area contributed by atoms with Crippen LogP contribution in [-0.4, -0.2) is 4.57 Å². The van der Waals surface area contributed by atoms with Crippen LogP contribution in [0.5, 0.6) is 0 Å². The van der Waals surface area contributed by atoms with E-state index in [4.69, 9.17) is 0 Å². The molecule has 0 radical (unpaired) electrons. The molecule has 4 heteroatoms. The quantitative estimate of drug-likeness (QED) is 0.618. The first kappa shape index (κ1) is 8.74. The van der Waals surface area contributed by atoms with Gasteiger partial charge in [-0.25, -0.2) is 9.59 Å². The maximum atomic E-state index is 11.4. The van der Waals surface area contributed by atoms with E-state index in [1.165, 1.54) is 4.57 Å². The SMILES string of the molecule is Cc1cccc2c1c(=O)oc(=O)n2C. The molecule has 4 nitrogen and oxygen atoms in total. The molecule has 1 heterocycles. The normalized spacial score (nSPS) is 10.7. The zero-order valence-corrected chi connectivity index (χ0v) is 7.90. The molecule has 0 unspecified atom stereocenters. The van der Waals surface area contributed by atoms with Gasteiger partial charge in [0.2, 0.25) is 0 Å². The van der Waals surface area contributed by atoms with E-state index in [0.29, 0.717) is 10.9 Å². The van der Waals surface area contributed by atoms with E-state index in [-0.39, 0.29) is 0 Å². The van der Waals surface area contributed by atoms with Crippen LogP contribution in [0.15, 0.2) is 32.2 Å². The molecule has 14 heavy (non-hydrogen) atoms. The zero-order chi connectivity index (χ0) is 10.3.